The molecule has 34 heavy (non-hydrogen) atoms. The van der Waals surface area contributed by atoms with Crippen LogP contribution in [0.25, 0.3) is 0 Å². The topological polar surface area (TPSA) is 93.2 Å². The Morgan fingerprint density at radius 3 is 1.50 bits per heavy atom. The van der Waals surface area contributed by atoms with Crippen LogP contribution in [-0.4, -0.2) is 71.9 Å². The SMILES string of the molecule is C=CCCCOC(=O)C1CCCN1C(=O)CCCCC(=O)N1CCC[C@@H]1C(=O)OCCCC=C. The van der Waals surface area contributed by atoms with Crippen molar-refractivity contribution in [2.24, 2.45) is 0 Å². The lowest BCUT2D eigenvalue weighted by Gasteiger charge is -2.24. The highest BCUT2D eigenvalue weighted by molar-refractivity contribution is 5.86. The van der Waals surface area contributed by atoms with Crippen molar-refractivity contribution in [3.63, 3.8) is 0 Å². The first kappa shape index (κ1) is 27.6. The maximum atomic E-state index is 12.7. The number of likely N-dealkylation sites (tertiary alicyclic amines) is 2. The molecule has 2 aliphatic heterocycles. The lowest BCUT2D eigenvalue weighted by Crippen LogP contribution is -2.42. The number of hydrogen-bond donors (Lipinski definition) is 0. The Kier molecular flexibility index (Phi) is 12.4. The second-order valence-electron chi connectivity index (χ2n) is 8.89. The number of allylic oxidation sites excluding steroid dienone is 2. The number of ether oxygens (including phenoxy) is 2. The van der Waals surface area contributed by atoms with Crippen LogP contribution in [0.4, 0.5) is 0 Å². The maximum Gasteiger partial charge on any atom is 0.328 e. The van der Waals surface area contributed by atoms with E-state index in [0.717, 1.165) is 38.5 Å². The molecule has 0 aromatic rings. The van der Waals surface area contributed by atoms with Crippen molar-refractivity contribution in [1.82, 2.24) is 9.80 Å². The molecular weight excluding hydrogens is 436 g/mol. The summed E-state index contributed by atoms with van der Waals surface area (Å²) in [5.74, 6) is -0.802. The van der Waals surface area contributed by atoms with Crippen LogP contribution >= 0.6 is 0 Å². The third-order valence-electron chi connectivity index (χ3n) is 6.32. The fourth-order valence-electron chi connectivity index (χ4n) is 4.45. The van der Waals surface area contributed by atoms with Crippen LogP contribution in [0.1, 0.15) is 77.0 Å². The zero-order valence-electron chi connectivity index (χ0n) is 20.4. The Bertz CT molecular complexity index is 662. The molecule has 2 rings (SSSR count). The number of amides is 2. The molecule has 2 saturated heterocycles. The van der Waals surface area contributed by atoms with E-state index in [4.69, 9.17) is 9.47 Å². The minimum Gasteiger partial charge on any atom is -0.464 e. The maximum absolute atomic E-state index is 12.7. The zero-order valence-corrected chi connectivity index (χ0v) is 20.4. The van der Waals surface area contributed by atoms with Gasteiger partial charge < -0.3 is 19.3 Å². The summed E-state index contributed by atoms with van der Waals surface area (Å²) in [5.41, 5.74) is 0. The van der Waals surface area contributed by atoms with E-state index in [1.54, 1.807) is 22.0 Å². The van der Waals surface area contributed by atoms with E-state index >= 15 is 0 Å². The highest BCUT2D eigenvalue weighted by Gasteiger charge is 2.36. The minimum absolute atomic E-state index is 0.0693. The van der Waals surface area contributed by atoms with Crippen molar-refractivity contribution in [2.45, 2.75) is 89.1 Å². The molecule has 2 aliphatic rings. The molecule has 1 unspecified atom stereocenters. The summed E-state index contributed by atoms with van der Waals surface area (Å²) >= 11 is 0. The van der Waals surface area contributed by atoms with Gasteiger partial charge in [-0.3, -0.25) is 9.59 Å². The molecule has 0 radical (unpaired) electrons. The second kappa shape index (κ2) is 15.3. The molecule has 2 atom stereocenters. The van der Waals surface area contributed by atoms with Crippen molar-refractivity contribution in [3.05, 3.63) is 25.3 Å². The lowest BCUT2D eigenvalue weighted by atomic mass is 10.1. The van der Waals surface area contributed by atoms with E-state index in [1.165, 1.54) is 0 Å². The normalized spacial score (nSPS) is 19.6. The van der Waals surface area contributed by atoms with Crippen LogP contribution in [0.2, 0.25) is 0 Å². The summed E-state index contributed by atoms with van der Waals surface area (Å²) in [4.78, 5) is 53.3. The van der Waals surface area contributed by atoms with Gasteiger partial charge in [0.15, 0.2) is 0 Å². The lowest BCUT2D eigenvalue weighted by molar-refractivity contribution is -0.154. The van der Waals surface area contributed by atoms with Crippen molar-refractivity contribution in [3.8, 4) is 0 Å². The van der Waals surface area contributed by atoms with E-state index in [-0.39, 0.29) is 23.8 Å². The molecule has 0 spiro atoms. The average Bonchev–Trinajstić information content (AvgIpc) is 3.52. The summed E-state index contributed by atoms with van der Waals surface area (Å²) in [6.45, 7) is 9.10. The van der Waals surface area contributed by atoms with Gasteiger partial charge in [-0.25, -0.2) is 9.59 Å². The highest BCUT2D eigenvalue weighted by Crippen LogP contribution is 2.22. The largest absolute Gasteiger partial charge is 0.464 e. The first-order valence-corrected chi connectivity index (χ1v) is 12.6. The molecular formula is C26H40N2O6. The number of rotatable bonds is 15. The van der Waals surface area contributed by atoms with Gasteiger partial charge >= 0.3 is 11.9 Å². The van der Waals surface area contributed by atoms with Gasteiger partial charge in [-0.1, -0.05) is 12.2 Å². The summed E-state index contributed by atoms with van der Waals surface area (Å²) in [6.07, 6.45) is 11.1. The third-order valence-corrected chi connectivity index (χ3v) is 6.32. The Labute approximate surface area is 203 Å². The van der Waals surface area contributed by atoms with Gasteiger partial charge in [0.1, 0.15) is 12.1 Å². The number of carbonyl (C=O) groups excluding carboxylic acids is 4. The Morgan fingerprint density at radius 1 is 0.706 bits per heavy atom. The number of hydrogen-bond acceptors (Lipinski definition) is 6. The molecule has 8 nitrogen and oxygen atoms in total. The smallest absolute Gasteiger partial charge is 0.328 e. The van der Waals surface area contributed by atoms with Gasteiger partial charge in [0.05, 0.1) is 13.2 Å². The van der Waals surface area contributed by atoms with Gasteiger partial charge in [-0.15, -0.1) is 13.2 Å². The molecule has 8 heteroatoms. The molecule has 2 amide bonds. The van der Waals surface area contributed by atoms with Crippen molar-refractivity contribution in [2.75, 3.05) is 26.3 Å². The highest BCUT2D eigenvalue weighted by atomic mass is 16.5. The van der Waals surface area contributed by atoms with E-state index in [2.05, 4.69) is 13.2 Å². The average molecular weight is 477 g/mol. The molecule has 190 valence electrons. The van der Waals surface area contributed by atoms with E-state index < -0.39 is 12.1 Å². The molecule has 2 heterocycles. The van der Waals surface area contributed by atoms with Gasteiger partial charge in [0.25, 0.3) is 0 Å². The number of esters is 2. The molecule has 0 bridgehead atoms. The molecule has 0 saturated carbocycles. The predicted octanol–water partition coefficient (Wildman–Crippen LogP) is 3.55. The quantitative estimate of drug-likeness (QED) is 0.204. The van der Waals surface area contributed by atoms with Crippen LogP contribution in [0, 0.1) is 0 Å². The van der Waals surface area contributed by atoms with E-state index in [0.29, 0.717) is 64.8 Å². The summed E-state index contributed by atoms with van der Waals surface area (Å²) in [6, 6.07) is -0.999. The van der Waals surface area contributed by atoms with Crippen LogP contribution in [0.15, 0.2) is 25.3 Å². The van der Waals surface area contributed by atoms with Crippen molar-refractivity contribution >= 4 is 23.8 Å². The minimum atomic E-state index is -0.499. The van der Waals surface area contributed by atoms with E-state index in [1.807, 2.05) is 0 Å². The Hall–Kier alpha value is -2.64. The first-order chi connectivity index (χ1) is 16.5. The fourth-order valence-corrected chi connectivity index (χ4v) is 4.45. The van der Waals surface area contributed by atoms with Gasteiger partial charge in [-0.2, -0.15) is 0 Å². The standard InChI is InChI=1S/C26H40N2O6/c1-3-5-9-19-33-25(31)21-13-11-17-27(21)23(29)15-7-8-16-24(30)28-18-12-14-22(28)26(32)34-20-10-6-4-2/h3-4,21-22H,1-2,5-20H2/t21-,22?/m1/s1. The summed E-state index contributed by atoms with van der Waals surface area (Å²) in [5, 5.41) is 0. The number of nitrogens with zero attached hydrogens (tertiary/aromatic N) is 2. The Balaban J connectivity index is 1.69. The molecule has 0 aromatic heterocycles. The van der Waals surface area contributed by atoms with Crippen LogP contribution in [0.5, 0.6) is 0 Å². The summed E-state index contributed by atoms with van der Waals surface area (Å²) < 4.78 is 10.6. The molecule has 0 aliphatic carbocycles. The number of carbonyl (C=O) groups is 4. The molecule has 0 aromatic carbocycles. The van der Waals surface area contributed by atoms with Crippen LogP contribution in [0.3, 0.4) is 0 Å². The van der Waals surface area contributed by atoms with Gasteiger partial charge in [-0.05, 0) is 64.2 Å². The van der Waals surface area contributed by atoms with E-state index in [9.17, 15) is 19.2 Å². The Morgan fingerprint density at radius 2 is 1.12 bits per heavy atom. The number of unbranched alkanes of at least 4 members (excludes halogenated alkanes) is 3. The van der Waals surface area contributed by atoms with Crippen molar-refractivity contribution < 1.29 is 28.7 Å². The monoisotopic (exact) mass is 476 g/mol. The molecule has 2 fully saturated rings. The van der Waals surface area contributed by atoms with Crippen LogP contribution < -0.4 is 0 Å². The fraction of sp³-hybridized carbons (Fsp3) is 0.692. The zero-order chi connectivity index (χ0) is 24.8. The first-order valence-electron chi connectivity index (χ1n) is 12.6. The van der Waals surface area contributed by atoms with Gasteiger partial charge in [0.2, 0.25) is 11.8 Å². The predicted molar refractivity (Wildman–Crippen MR) is 129 cm³/mol. The second-order valence-corrected chi connectivity index (χ2v) is 8.89. The molecule has 0 N–H and O–H groups in total. The summed E-state index contributed by atoms with van der Waals surface area (Å²) in [7, 11) is 0. The third kappa shape index (κ3) is 8.61. The van der Waals surface area contributed by atoms with Crippen molar-refractivity contribution in [1.29, 1.82) is 0 Å². The van der Waals surface area contributed by atoms with Crippen LogP contribution in [-0.2, 0) is 28.7 Å². The van der Waals surface area contributed by atoms with Gasteiger partial charge in [0, 0.05) is 25.9 Å².